The quantitative estimate of drug-likeness (QED) is 0.909. The van der Waals surface area contributed by atoms with Crippen molar-refractivity contribution >= 4 is 5.82 Å². The summed E-state index contributed by atoms with van der Waals surface area (Å²) in [5.74, 6) is 2.57. The van der Waals surface area contributed by atoms with Gasteiger partial charge in [0, 0.05) is 19.3 Å². The van der Waals surface area contributed by atoms with Crippen molar-refractivity contribution in [2.45, 2.75) is 38.5 Å². The highest BCUT2D eigenvalue weighted by molar-refractivity contribution is 5.44. The van der Waals surface area contributed by atoms with Gasteiger partial charge in [-0.15, -0.1) is 0 Å². The van der Waals surface area contributed by atoms with Gasteiger partial charge in [-0.1, -0.05) is 30.3 Å². The normalized spacial score (nSPS) is 22.0. The fraction of sp³-hybridized carbons (Fsp3) is 0.500. The van der Waals surface area contributed by atoms with Gasteiger partial charge >= 0.3 is 0 Å². The van der Waals surface area contributed by atoms with Crippen LogP contribution in [0.3, 0.4) is 0 Å². The first-order valence-corrected chi connectivity index (χ1v) is 9.75. The van der Waals surface area contributed by atoms with Crippen molar-refractivity contribution in [3.63, 3.8) is 0 Å². The smallest absolute Gasteiger partial charge is 0.129 e. The summed E-state index contributed by atoms with van der Waals surface area (Å²) in [7, 11) is 0. The lowest BCUT2D eigenvalue weighted by atomic mass is 9.86. The molecule has 3 heteroatoms. The number of fused-ring (bicyclic) bond motifs is 1. The first-order chi connectivity index (χ1) is 12.3. The third-order valence-electron chi connectivity index (χ3n) is 6.00. The molecule has 2 aliphatic rings. The van der Waals surface area contributed by atoms with Crippen molar-refractivity contribution < 1.29 is 0 Å². The SMILES string of the molecule is Cc1ccccc1C1CCN(C[C@H]2CCc3cccnc3NC2)CC1. The van der Waals surface area contributed by atoms with Crippen LogP contribution in [0.2, 0.25) is 0 Å². The van der Waals surface area contributed by atoms with Gasteiger partial charge in [-0.2, -0.15) is 0 Å². The Morgan fingerprint density at radius 1 is 1.08 bits per heavy atom. The van der Waals surface area contributed by atoms with Crippen molar-refractivity contribution in [2.24, 2.45) is 5.92 Å². The zero-order chi connectivity index (χ0) is 17.1. The van der Waals surface area contributed by atoms with E-state index < -0.39 is 0 Å². The average molecular weight is 335 g/mol. The fourth-order valence-corrected chi connectivity index (χ4v) is 4.49. The number of nitrogens with zero attached hydrogens (tertiary/aromatic N) is 2. The average Bonchev–Trinajstić information content (AvgIpc) is 2.86. The van der Waals surface area contributed by atoms with Crippen LogP contribution >= 0.6 is 0 Å². The van der Waals surface area contributed by atoms with E-state index in [0.717, 1.165) is 30.6 Å². The van der Waals surface area contributed by atoms with Crippen LogP contribution in [0.4, 0.5) is 5.82 Å². The van der Waals surface area contributed by atoms with E-state index in [4.69, 9.17) is 0 Å². The van der Waals surface area contributed by atoms with Gasteiger partial charge in [-0.05, 0) is 80.3 Å². The standard InChI is InChI=1S/C22H29N3/c1-17-5-2-3-7-21(17)19-10-13-25(14-11-19)16-18-8-9-20-6-4-12-23-22(20)24-15-18/h2-7,12,18-19H,8-11,13-16H2,1H3,(H,23,24)/t18-/m0/s1. The molecule has 1 saturated heterocycles. The van der Waals surface area contributed by atoms with E-state index in [-0.39, 0.29) is 0 Å². The van der Waals surface area contributed by atoms with E-state index >= 15 is 0 Å². The lowest BCUT2D eigenvalue weighted by molar-refractivity contribution is 0.182. The molecule has 0 spiro atoms. The van der Waals surface area contributed by atoms with Crippen LogP contribution in [0, 0.1) is 12.8 Å². The molecule has 25 heavy (non-hydrogen) atoms. The maximum absolute atomic E-state index is 4.49. The van der Waals surface area contributed by atoms with Crippen LogP contribution in [0.25, 0.3) is 0 Å². The van der Waals surface area contributed by atoms with Crippen LogP contribution in [0.15, 0.2) is 42.6 Å². The van der Waals surface area contributed by atoms with Gasteiger partial charge in [0.2, 0.25) is 0 Å². The second kappa shape index (κ2) is 7.57. The van der Waals surface area contributed by atoms with Gasteiger partial charge in [0.25, 0.3) is 0 Å². The Labute approximate surface area is 151 Å². The zero-order valence-corrected chi connectivity index (χ0v) is 15.2. The molecule has 0 radical (unpaired) electrons. The van der Waals surface area contributed by atoms with Gasteiger partial charge in [0.1, 0.15) is 5.82 Å². The first-order valence-electron chi connectivity index (χ1n) is 9.75. The summed E-state index contributed by atoms with van der Waals surface area (Å²) in [6.07, 6.45) is 6.91. The molecule has 3 heterocycles. The summed E-state index contributed by atoms with van der Waals surface area (Å²) < 4.78 is 0. The molecule has 3 nitrogen and oxygen atoms in total. The largest absolute Gasteiger partial charge is 0.370 e. The van der Waals surface area contributed by atoms with Crippen molar-refractivity contribution in [3.05, 3.63) is 59.3 Å². The number of aromatic nitrogens is 1. The van der Waals surface area contributed by atoms with Crippen LogP contribution in [-0.2, 0) is 6.42 Å². The molecule has 0 unspecified atom stereocenters. The van der Waals surface area contributed by atoms with Gasteiger partial charge in [0.15, 0.2) is 0 Å². The third-order valence-corrected chi connectivity index (χ3v) is 6.00. The first kappa shape index (κ1) is 16.6. The van der Waals surface area contributed by atoms with E-state index in [1.165, 1.54) is 50.0 Å². The molecule has 1 aromatic heterocycles. The van der Waals surface area contributed by atoms with Crippen LogP contribution in [-0.4, -0.2) is 36.1 Å². The molecule has 0 amide bonds. The summed E-state index contributed by atoms with van der Waals surface area (Å²) in [6.45, 7) is 7.01. The summed E-state index contributed by atoms with van der Waals surface area (Å²) in [5, 5.41) is 3.57. The molecule has 0 bridgehead atoms. The summed E-state index contributed by atoms with van der Waals surface area (Å²) >= 11 is 0. The second-order valence-electron chi connectivity index (χ2n) is 7.73. The molecule has 1 aromatic carbocycles. The van der Waals surface area contributed by atoms with Crippen molar-refractivity contribution in [3.8, 4) is 0 Å². The third kappa shape index (κ3) is 3.87. The topological polar surface area (TPSA) is 28.2 Å². The molecular formula is C22H29N3. The highest BCUT2D eigenvalue weighted by atomic mass is 15.1. The number of benzene rings is 1. The Morgan fingerprint density at radius 3 is 2.76 bits per heavy atom. The minimum absolute atomic E-state index is 0.726. The predicted octanol–water partition coefficient (Wildman–Crippen LogP) is 4.24. The number of nitrogens with one attached hydrogen (secondary N) is 1. The van der Waals surface area contributed by atoms with Crippen molar-refractivity contribution in [1.29, 1.82) is 0 Å². The molecule has 1 N–H and O–H groups in total. The van der Waals surface area contributed by atoms with E-state index in [1.54, 1.807) is 5.56 Å². The van der Waals surface area contributed by atoms with E-state index in [1.807, 2.05) is 6.20 Å². The molecule has 1 fully saturated rings. The number of likely N-dealkylation sites (tertiary alicyclic amines) is 1. The van der Waals surface area contributed by atoms with Gasteiger partial charge in [-0.25, -0.2) is 4.98 Å². The molecule has 0 saturated carbocycles. The van der Waals surface area contributed by atoms with Crippen molar-refractivity contribution in [1.82, 2.24) is 9.88 Å². The lowest BCUT2D eigenvalue weighted by Gasteiger charge is -2.34. The number of piperidine rings is 1. The Hall–Kier alpha value is -1.87. The number of hydrogen-bond acceptors (Lipinski definition) is 3. The molecular weight excluding hydrogens is 306 g/mol. The number of pyridine rings is 1. The number of rotatable bonds is 3. The van der Waals surface area contributed by atoms with E-state index in [0.29, 0.717) is 0 Å². The predicted molar refractivity (Wildman–Crippen MR) is 104 cm³/mol. The Bertz CT molecular complexity index is 677. The maximum Gasteiger partial charge on any atom is 0.129 e. The monoisotopic (exact) mass is 335 g/mol. The fourth-order valence-electron chi connectivity index (χ4n) is 4.49. The number of hydrogen-bond donors (Lipinski definition) is 1. The summed E-state index contributed by atoms with van der Waals surface area (Å²) in [6, 6.07) is 13.2. The molecule has 0 aliphatic carbocycles. The minimum atomic E-state index is 0.726. The van der Waals surface area contributed by atoms with Gasteiger partial charge < -0.3 is 10.2 Å². The Morgan fingerprint density at radius 2 is 1.92 bits per heavy atom. The summed E-state index contributed by atoms with van der Waals surface area (Å²) in [4.78, 5) is 7.17. The molecule has 132 valence electrons. The van der Waals surface area contributed by atoms with Crippen molar-refractivity contribution in [2.75, 3.05) is 31.5 Å². The Kier molecular flexibility index (Phi) is 5.02. The van der Waals surface area contributed by atoms with Crippen LogP contribution < -0.4 is 5.32 Å². The molecule has 1 atom stereocenters. The number of anilines is 1. The maximum atomic E-state index is 4.49. The number of aryl methyl sites for hydroxylation is 2. The summed E-state index contributed by atoms with van der Waals surface area (Å²) in [5.41, 5.74) is 4.40. The second-order valence-corrected chi connectivity index (χ2v) is 7.73. The highest BCUT2D eigenvalue weighted by Crippen LogP contribution is 2.31. The minimum Gasteiger partial charge on any atom is -0.370 e. The molecule has 2 aliphatic heterocycles. The lowest BCUT2D eigenvalue weighted by Crippen LogP contribution is -2.38. The Balaban J connectivity index is 1.30. The van der Waals surface area contributed by atoms with E-state index in [9.17, 15) is 0 Å². The highest BCUT2D eigenvalue weighted by Gasteiger charge is 2.24. The van der Waals surface area contributed by atoms with Gasteiger partial charge in [-0.3, -0.25) is 0 Å². The molecule has 2 aromatic rings. The van der Waals surface area contributed by atoms with E-state index in [2.05, 4.69) is 58.5 Å². The zero-order valence-electron chi connectivity index (χ0n) is 15.2. The molecule has 4 rings (SSSR count). The van der Waals surface area contributed by atoms with Crippen LogP contribution in [0.1, 0.15) is 41.9 Å². The van der Waals surface area contributed by atoms with Gasteiger partial charge in [0.05, 0.1) is 0 Å². The van der Waals surface area contributed by atoms with Crippen LogP contribution in [0.5, 0.6) is 0 Å².